The van der Waals surface area contributed by atoms with Gasteiger partial charge in [-0.15, -0.1) is 6.58 Å². The Labute approximate surface area is 272 Å². The zero-order valence-electron chi connectivity index (χ0n) is 27.0. The summed E-state index contributed by atoms with van der Waals surface area (Å²) in [6, 6.07) is 20.4. The van der Waals surface area contributed by atoms with E-state index in [-0.39, 0.29) is 17.7 Å². The van der Waals surface area contributed by atoms with Crippen LogP contribution in [-0.2, 0) is 17.8 Å². The van der Waals surface area contributed by atoms with E-state index >= 15 is 0 Å². The molecule has 0 heterocycles. The Bertz CT molecular complexity index is 1300. The Morgan fingerprint density at radius 1 is 0.761 bits per heavy atom. The largest absolute Gasteiger partial charge is 0.507 e. The summed E-state index contributed by atoms with van der Waals surface area (Å²) in [5.74, 6) is -0.275. The van der Waals surface area contributed by atoms with Gasteiger partial charge in [0.05, 0.1) is 6.61 Å². The van der Waals surface area contributed by atoms with Gasteiger partial charge in [-0.05, 0) is 72.9 Å². The third kappa shape index (κ3) is 13.8. The Morgan fingerprint density at radius 2 is 1.39 bits per heavy atom. The lowest BCUT2D eigenvalue weighted by molar-refractivity contribution is -0.135. The Balaban J connectivity index is 1.52. The summed E-state index contributed by atoms with van der Waals surface area (Å²) >= 11 is 0. The van der Waals surface area contributed by atoms with Crippen LogP contribution in [0.1, 0.15) is 111 Å². The summed E-state index contributed by atoms with van der Waals surface area (Å²) < 4.78 is 48.1. The molecule has 0 aliphatic rings. The molecule has 1 N–H and O–H groups in total. The maximum atomic E-state index is 13.5. The molecule has 0 aromatic heterocycles. The number of halogens is 3. The predicted octanol–water partition coefficient (Wildman–Crippen LogP) is 11.5. The van der Waals surface area contributed by atoms with E-state index in [0.29, 0.717) is 37.4 Å². The molecule has 0 aliphatic carbocycles. The van der Waals surface area contributed by atoms with E-state index in [4.69, 9.17) is 9.47 Å². The normalized spacial score (nSPS) is 11.5. The molecule has 3 aromatic rings. The van der Waals surface area contributed by atoms with Crippen molar-refractivity contribution in [2.75, 3.05) is 6.61 Å². The first kappa shape index (κ1) is 36.9. The number of carbonyl (C=O) groups excluding carboxylic acids is 1. The number of phenolic OH excluding ortho intramolecular Hbond substituents is 1. The first-order chi connectivity index (χ1) is 22.3. The average Bonchev–Trinajstić information content (AvgIpc) is 3.04. The van der Waals surface area contributed by atoms with Crippen LogP contribution in [0.25, 0.3) is 11.1 Å². The topological polar surface area (TPSA) is 55.8 Å². The van der Waals surface area contributed by atoms with E-state index in [1.165, 1.54) is 25.7 Å². The van der Waals surface area contributed by atoms with E-state index < -0.39 is 18.6 Å². The third-order valence-corrected chi connectivity index (χ3v) is 8.06. The van der Waals surface area contributed by atoms with E-state index in [9.17, 15) is 23.1 Å². The van der Waals surface area contributed by atoms with Crippen molar-refractivity contribution in [1.82, 2.24) is 0 Å². The van der Waals surface area contributed by atoms with Crippen LogP contribution in [-0.4, -0.2) is 23.9 Å². The van der Waals surface area contributed by atoms with Crippen LogP contribution in [0.3, 0.4) is 0 Å². The van der Waals surface area contributed by atoms with E-state index in [1.807, 2.05) is 60.7 Å². The van der Waals surface area contributed by atoms with Gasteiger partial charge >= 0.3 is 12.1 Å². The SMILES string of the molecule is C=CCCCCCCCCCc1ccc(-c2ccccc2)c(C(=O)Oc2ccc(COCCCCCCCC(F)(F)F)cc2)c1O. The monoisotopic (exact) mass is 638 g/mol. The van der Waals surface area contributed by atoms with Crippen LogP contribution in [0.15, 0.2) is 79.4 Å². The molecule has 0 fully saturated rings. The lowest BCUT2D eigenvalue weighted by Crippen LogP contribution is -2.11. The minimum atomic E-state index is -4.07. The number of allylic oxidation sites excluding steroid dienone is 1. The predicted molar refractivity (Wildman–Crippen MR) is 179 cm³/mol. The van der Waals surface area contributed by atoms with Gasteiger partial charge < -0.3 is 14.6 Å². The van der Waals surface area contributed by atoms with Crippen LogP contribution in [0.5, 0.6) is 11.5 Å². The van der Waals surface area contributed by atoms with Crippen LogP contribution < -0.4 is 4.74 Å². The fourth-order valence-corrected chi connectivity index (χ4v) is 5.45. The van der Waals surface area contributed by atoms with Gasteiger partial charge in [0.2, 0.25) is 0 Å². The van der Waals surface area contributed by atoms with Crippen LogP contribution in [0.2, 0.25) is 0 Å². The van der Waals surface area contributed by atoms with Crippen molar-refractivity contribution >= 4 is 5.97 Å². The van der Waals surface area contributed by atoms with Crippen LogP contribution >= 0.6 is 0 Å². The molecule has 4 nitrogen and oxygen atoms in total. The zero-order valence-corrected chi connectivity index (χ0v) is 27.0. The van der Waals surface area contributed by atoms with E-state index in [1.54, 1.807) is 12.1 Å². The lowest BCUT2D eigenvalue weighted by Gasteiger charge is -2.15. The quantitative estimate of drug-likeness (QED) is 0.0515. The van der Waals surface area contributed by atoms with Crippen molar-refractivity contribution in [3.63, 3.8) is 0 Å². The maximum Gasteiger partial charge on any atom is 0.389 e. The highest BCUT2D eigenvalue weighted by molar-refractivity contribution is 6.01. The molecule has 0 spiro atoms. The molecule has 3 aromatic carbocycles. The highest BCUT2D eigenvalue weighted by Crippen LogP contribution is 2.35. The van der Waals surface area contributed by atoms with Crippen LogP contribution in [0.4, 0.5) is 13.2 Å². The number of aromatic hydroxyl groups is 1. The van der Waals surface area contributed by atoms with Gasteiger partial charge in [0, 0.05) is 13.0 Å². The molecule has 0 atom stereocenters. The maximum absolute atomic E-state index is 13.5. The van der Waals surface area contributed by atoms with Gasteiger partial charge in [-0.2, -0.15) is 13.2 Å². The number of unbranched alkanes of at least 4 members (excludes halogenated alkanes) is 11. The number of aryl methyl sites for hydroxylation is 1. The summed E-state index contributed by atoms with van der Waals surface area (Å²) in [6.45, 7) is 4.69. The third-order valence-electron chi connectivity index (χ3n) is 8.06. The van der Waals surface area contributed by atoms with Crippen molar-refractivity contribution in [2.24, 2.45) is 0 Å². The molecule has 7 heteroatoms. The molecule has 3 rings (SSSR count). The second kappa shape index (κ2) is 20.5. The first-order valence-corrected chi connectivity index (χ1v) is 16.8. The molecule has 0 bridgehead atoms. The number of hydrogen-bond acceptors (Lipinski definition) is 4. The van der Waals surface area contributed by atoms with Gasteiger partial charge in [0.1, 0.15) is 17.1 Å². The summed E-state index contributed by atoms with van der Waals surface area (Å²) in [5, 5.41) is 11.3. The fraction of sp³-hybridized carbons (Fsp3) is 0.462. The number of hydrogen-bond donors (Lipinski definition) is 1. The van der Waals surface area contributed by atoms with Gasteiger partial charge in [0.25, 0.3) is 0 Å². The Hall–Kier alpha value is -3.58. The summed E-state index contributed by atoms with van der Waals surface area (Å²) in [7, 11) is 0. The lowest BCUT2D eigenvalue weighted by atomic mass is 9.94. The molecule has 0 amide bonds. The van der Waals surface area contributed by atoms with E-state index in [2.05, 4.69) is 6.58 Å². The zero-order chi connectivity index (χ0) is 33.0. The highest BCUT2D eigenvalue weighted by Gasteiger charge is 2.25. The van der Waals surface area contributed by atoms with Crippen molar-refractivity contribution in [1.29, 1.82) is 0 Å². The molecular weight excluding hydrogens is 589 g/mol. The molecule has 0 saturated heterocycles. The summed E-state index contributed by atoms with van der Waals surface area (Å²) in [4.78, 5) is 13.5. The minimum absolute atomic E-state index is 0.0267. The summed E-state index contributed by atoms with van der Waals surface area (Å²) in [5.41, 5.74) is 3.26. The van der Waals surface area contributed by atoms with Crippen molar-refractivity contribution in [3.05, 3.63) is 96.1 Å². The number of benzene rings is 3. The molecule has 250 valence electrons. The standard InChI is InChI=1S/C39H49F3O4/c1-2-3-4-5-6-7-8-10-14-21-33-24-27-35(32-19-15-13-16-20-32)36(37(33)43)38(44)46-34-25-22-31(23-26-34)30-45-29-18-12-9-11-17-28-39(40,41)42/h2,13,15-16,19-20,22-27,43H,1,3-12,14,17-18,21,28-30H2. The number of ether oxygens (including phenoxy) is 2. The highest BCUT2D eigenvalue weighted by atomic mass is 19.4. The number of phenols is 1. The molecule has 46 heavy (non-hydrogen) atoms. The fourth-order valence-electron chi connectivity index (χ4n) is 5.45. The van der Waals surface area contributed by atoms with Gasteiger partial charge in [0.15, 0.2) is 0 Å². The molecule has 0 aliphatic heterocycles. The minimum Gasteiger partial charge on any atom is -0.507 e. The number of esters is 1. The molecule has 0 saturated carbocycles. The van der Waals surface area contributed by atoms with E-state index in [0.717, 1.165) is 61.6 Å². The van der Waals surface area contributed by atoms with Crippen molar-refractivity contribution in [3.8, 4) is 22.6 Å². The average molecular weight is 639 g/mol. The first-order valence-electron chi connectivity index (χ1n) is 16.8. The smallest absolute Gasteiger partial charge is 0.389 e. The summed E-state index contributed by atoms with van der Waals surface area (Å²) in [6.07, 6.45) is 10.1. The molecular formula is C39H49F3O4. The second-order valence-corrected chi connectivity index (χ2v) is 11.9. The molecule has 0 unspecified atom stereocenters. The Morgan fingerprint density at radius 3 is 2.07 bits per heavy atom. The van der Waals surface area contributed by atoms with Crippen molar-refractivity contribution < 1.29 is 32.5 Å². The van der Waals surface area contributed by atoms with Crippen molar-refractivity contribution in [2.45, 2.75) is 109 Å². The number of carbonyl (C=O) groups is 1. The number of rotatable bonds is 22. The second-order valence-electron chi connectivity index (χ2n) is 11.9. The molecule has 0 radical (unpaired) electrons. The number of alkyl halides is 3. The van der Waals surface area contributed by atoms with Gasteiger partial charge in [-0.3, -0.25) is 0 Å². The van der Waals surface area contributed by atoms with Crippen LogP contribution in [0, 0.1) is 0 Å². The van der Waals surface area contributed by atoms with Gasteiger partial charge in [-0.1, -0.05) is 112 Å². The van der Waals surface area contributed by atoms with Gasteiger partial charge in [-0.25, -0.2) is 4.79 Å². The Kier molecular flexibility index (Phi) is 16.5.